The Bertz CT molecular complexity index is 1330. The Balaban J connectivity index is 0.00000108. The molecule has 1 aliphatic rings. The summed E-state index contributed by atoms with van der Waals surface area (Å²) in [5, 5.41) is 17.9. The van der Waals surface area contributed by atoms with Gasteiger partial charge in [0.1, 0.15) is 11.9 Å². The van der Waals surface area contributed by atoms with Crippen molar-refractivity contribution in [1.82, 2.24) is 9.88 Å². The number of hydrogen-bond donors (Lipinski definition) is 2. The van der Waals surface area contributed by atoms with Crippen molar-refractivity contribution in [2.75, 3.05) is 4.72 Å². The normalized spacial score (nSPS) is 12.9. The first kappa shape index (κ1) is 26.3. The fraction of sp³-hybridized carbons (Fsp3) is 0.292. The molecule has 0 saturated heterocycles. The van der Waals surface area contributed by atoms with Gasteiger partial charge in [-0.15, -0.1) is 0 Å². The van der Waals surface area contributed by atoms with Gasteiger partial charge in [-0.3, -0.25) is 14.4 Å². The first-order valence-corrected chi connectivity index (χ1v) is 13.2. The standard InChI is InChI=1S/C21H17FN4O4S2.C3H8/c22-17-7-14(1-4-15(17)9-23)10-26-11-18-19(12-26)31-21(24-18)25-32(29,30)16-5-2-13(3-6-16)8-20(27)28;1-3-2/h1-7H,8,10-12H2,(H,24,25)(H,27,28);3H2,1-2H3. The Kier molecular flexibility index (Phi) is 8.56. The number of carboxylic acid groups (broad SMARTS) is 1. The van der Waals surface area contributed by atoms with Gasteiger partial charge in [-0.1, -0.05) is 49.8 Å². The summed E-state index contributed by atoms with van der Waals surface area (Å²) < 4.78 is 41.5. The second kappa shape index (κ2) is 11.4. The van der Waals surface area contributed by atoms with Crippen molar-refractivity contribution >= 4 is 32.5 Å². The predicted molar refractivity (Wildman–Crippen MR) is 131 cm³/mol. The van der Waals surface area contributed by atoms with E-state index < -0.39 is 21.8 Å². The van der Waals surface area contributed by atoms with E-state index >= 15 is 0 Å². The van der Waals surface area contributed by atoms with E-state index in [0.29, 0.717) is 25.2 Å². The lowest BCUT2D eigenvalue weighted by Crippen LogP contribution is -2.17. The van der Waals surface area contributed by atoms with Crippen LogP contribution in [0.1, 0.15) is 47.5 Å². The van der Waals surface area contributed by atoms with Gasteiger partial charge in [-0.25, -0.2) is 17.8 Å². The molecule has 0 unspecified atom stereocenters. The lowest BCUT2D eigenvalue weighted by atomic mass is 10.1. The molecule has 0 saturated carbocycles. The highest BCUT2D eigenvalue weighted by Crippen LogP contribution is 2.33. The maximum absolute atomic E-state index is 13.8. The number of benzene rings is 2. The van der Waals surface area contributed by atoms with Crippen molar-refractivity contribution in [1.29, 1.82) is 5.26 Å². The maximum Gasteiger partial charge on any atom is 0.307 e. The Labute approximate surface area is 207 Å². The van der Waals surface area contributed by atoms with Gasteiger partial charge < -0.3 is 5.11 Å². The van der Waals surface area contributed by atoms with Crippen LogP contribution in [0.2, 0.25) is 0 Å². The SMILES string of the molecule is CCC.N#Cc1ccc(CN2Cc3nc(NS(=O)(=O)c4ccc(CC(=O)O)cc4)sc3C2)cc1F. The van der Waals surface area contributed by atoms with E-state index in [1.807, 2.05) is 0 Å². The molecule has 0 radical (unpaired) electrons. The molecule has 8 nitrogen and oxygen atoms in total. The van der Waals surface area contributed by atoms with E-state index in [-0.39, 0.29) is 22.0 Å². The number of hydrogen-bond acceptors (Lipinski definition) is 7. The van der Waals surface area contributed by atoms with Crippen molar-refractivity contribution in [3.8, 4) is 6.07 Å². The smallest absolute Gasteiger partial charge is 0.307 e. The molecule has 2 N–H and O–H groups in total. The van der Waals surface area contributed by atoms with E-state index in [9.17, 15) is 17.6 Å². The summed E-state index contributed by atoms with van der Waals surface area (Å²) in [5.41, 5.74) is 2.01. The molecule has 3 aromatic rings. The molecule has 0 aliphatic carbocycles. The van der Waals surface area contributed by atoms with Crippen molar-refractivity contribution in [3.63, 3.8) is 0 Å². The molecule has 0 fully saturated rings. The molecule has 0 spiro atoms. The van der Waals surface area contributed by atoms with Gasteiger partial charge in [0.2, 0.25) is 0 Å². The molecule has 4 rings (SSSR count). The van der Waals surface area contributed by atoms with Gasteiger partial charge >= 0.3 is 5.97 Å². The average molecular weight is 517 g/mol. The number of aliphatic carboxylic acids is 1. The number of nitriles is 1. The summed E-state index contributed by atoms with van der Waals surface area (Å²) >= 11 is 1.24. The Morgan fingerprint density at radius 3 is 2.43 bits per heavy atom. The van der Waals surface area contributed by atoms with Crippen LogP contribution in [-0.4, -0.2) is 29.4 Å². The number of aromatic nitrogens is 1. The van der Waals surface area contributed by atoms with Crippen LogP contribution in [0.5, 0.6) is 0 Å². The number of nitrogens with zero attached hydrogens (tertiary/aromatic N) is 3. The number of fused-ring (bicyclic) bond motifs is 1. The number of sulfonamides is 1. The van der Waals surface area contributed by atoms with Gasteiger partial charge in [0.25, 0.3) is 10.0 Å². The molecule has 0 atom stereocenters. The van der Waals surface area contributed by atoms with Gasteiger partial charge in [-0.2, -0.15) is 5.26 Å². The van der Waals surface area contributed by atoms with Crippen molar-refractivity contribution in [2.45, 2.75) is 51.2 Å². The van der Waals surface area contributed by atoms with E-state index in [2.05, 4.69) is 28.5 Å². The van der Waals surface area contributed by atoms with Gasteiger partial charge in [0.05, 0.1) is 22.6 Å². The second-order valence-electron chi connectivity index (χ2n) is 7.99. The summed E-state index contributed by atoms with van der Waals surface area (Å²) in [6.45, 7) is 5.79. The third-order valence-corrected chi connectivity index (χ3v) is 7.37. The van der Waals surface area contributed by atoms with Crippen LogP contribution >= 0.6 is 11.3 Å². The van der Waals surface area contributed by atoms with Gasteiger partial charge in [0.15, 0.2) is 5.13 Å². The van der Waals surface area contributed by atoms with Crippen LogP contribution in [0.25, 0.3) is 0 Å². The van der Waals surface area contributed by atoms with Crippen molar-refractivity contribution in [2.24, 2.45) is 0 Å². The summed E-state index contributed by atoms with van der Waals surface area (Å²) in [4.78, 5) is 18.1. The number of rotatable bonds is 7. The van der Waals surface area contributed by atoms with Crippen LogP contribution in [0.3, 0.4) is 0 Å². The topological polar surface area (TPSA) is 123 Å². The first-order valence-electron chi connectivity index (χ1n) is 10.9. The number of thiazole rings is 1. The number of halogens is 1. The third kappa shape index (κ3) is 6.85. The van der Waals surface area contributed by atoms with Crippen molar-refractivity contribution in [3.05, 3.63) is 75.5 Å². The highest BCUT2D eigenvalue weighted by atomic mass is 32.2. The van der Waals surface area contributed by atoms with E-state index in [0.717, 1.165) is 16.1 Å². The van der Waals surface area contributed by atoms with E-state index in [1.54, 1.807) is 12.1 Å². The number of carbonyl (C=O) groups is 1. The fourth-order valence-corrected chi connectivity index (χ4v) is 5.65. The van der Waals surface area contributed by atoms with Crippen LogP contribution < -0.4 is 4.72 Å². The van der Waals surface area contributed by atoms with Crippen molar-refractivity contribution < 1.29 is 22.7 Å². The van der Waals surface area contributed by atoms with Gasteiger partial charge in [0, 0.05) is 24.5 Å². The molecular weight excluding hydrogens is 491 g/mol. The first-order chi connectivity index (χ1) is 16.6. The van der Waals surface area contributed by atoms with Crippen LogP contribution in [0.15, 0.2) is 47.4 Å². The van der Waals surface area contributed by atoms with E-state index in [1.165, 1.54) is 54.2 Å². The summed E-state index contributed by atoms with van der Waals surface area (Å²) in [6.07, 6.45) is 1.07. The summed E-state index contributed by atoms with van der Waals surface area (Å²) in [5.74, 6) is -1.54. The predicted octanol–water partition coefficient (Wildman–Crippen LogP) is 4.51. The van der Waals surface area contributed by atoms with Crippen LogP contribution in [-0.2, 0) is 40.9 Å². The number of nitrogens with one attached hydrogen (secondary N) is 1. The highest BCUT2D eigenvalue weighted by Gasteiger charge is 2.26. The molecule has 2 aromatic carbocycles. The van der Waals surface area contributed by atoms with E-state index in [4.69, 9.17) is 10.4 Å². The summed E-state index contributed by atoms with van der Waals surface area (Å²) in [7, 11) is -3.85. The lowest BCUT2D eigenvalue weighted by molar-refractivity contribution is -0.136. The van der Waals surface area contributed by atoms with Crippen LogP contribution in [0, 0.1) is 17.1 Å². The largest absolute Gasteiger partial charge is 0.481 e. The molecular formula is C24H25FN4O4S2. The molecule has 11 heteroatoms. The zero-order chi connectivity index (χ0) is 25.6. The average Bonchev–Trinajstić information content (AvgIpc) is 3.31. The summed E-state index contributed by atoms with van der Waals surface area (Å²) in [6, 6.07) is 12.0. The molecule has 35 heavy (non-hydrogen) atoms. The lowest BCUT2D eigenvalue weighted by Gasteiger charge is -2.15. The monoisotopic (exact) mass is 516 g/mol. The zero-order valence-electron chi connectivity index (χ0n) is 19.3. The molecule has 0 amide bonds. The third-order valence-electron chi connectivity index (χ3n) is 4.89. The minimum atomic E-state index is -3.85. The Morgan fingerprint density at radius 2 is 1.86 bits per heavy atom. The highest BCUT2D eigenvalue weighted by molar-refractivity contribution is 7.93. The quantitative estimate of drug-likeness (QED) is 0.473. The molecule has 1 aliphatic heterocycles. The molecule has 2 heterocycles. The van der Waals surface area contributed by atoms with Gasteiger partial charge in [-0.05, 0) is 35.4 Å². The second-order valence-corrected chi connectivity index (χ2v) is 10.8. The minimum absolute atomic E-state index is 0.00407. The fourth-order valence-electron chi connectivity index (χ4n) is 3.40. The Hall–Kier alpha value is -3.33. The molecule has 184 valence electrons. The zero-order valence-corrected chi connectivity index (χ0v) is 20.9. The molecule has 0 bridgehead atoms. The molecule has 1 aromatic heterocycles. The Morgan fingerprint density at radius 1 is 1.20 bits per heavy atom. The maximum atomic E-state index is 13.8. The van der Waals surface area contributed by atoms with Crippen LogP contribution in [0.4, 0.5) is 9.52 Å². The number of carboxylic acids is 1. The minimum Gasteiger partial charge on any atom is -0.481 e. The number of anilines is 1.